The first-order valence-electron chi connectivity index (χ1n) is 8.39. The highest BCUT2D eigenvalue weighted by Crippen LogP contribution is 2.24. The Labute approximate surface area is 134 Å². The molecule has 0 spiro atoms. The molecule has 0 saturated carbocycles. The highest BCUT2D eigenvalue weighted by molar-refractivity contribution is 7.12. The fraction of sp³-hybridized carbons (Fsp3) is 0.765. The summed E-state index contributed by atoms with van der Waals surface area (Å²) in [6.45, 7) is 17.2. The zero-order chi connectivity index (χ0) is 15.2. The van der Waals surface area contributed by atoms with Crippen molar-refractivity contribution in [2.45, 2.75) is 53.2 Å². The molecule has 2 heterocycles. The standard InChI is InChI=1S/C17H31N3S/c1-5-7-18-11-17-10-16(15(4)21-17)13-19-8-9-20(6-2)14(3)12-19/h10,14,18H,5-9,11-13H2,1-4H3. The highest BCUT2D eigenvalue weighted by atomic mass is 32.1. The van der Waals surface area contributed by atoms with Crippen molar-refractivity contribution in [1.82, 2.24) is 15.1 Å². The Morgan fingerprint density at radius 3 is 2.81 bits per heavy atom. The minimum atomic E-state index is 0.688. The molecule has 0 aliphatic carbocycles. The van der Waals surface area contributed by atoms with Gasteiger partial charge in [0.1, 0.15) is 0 Å². The SMILES string of the molecule is CCCNCc1cc(CN2CCN(CC)C(C)C2)c(C)s1. The lowest BCUT2D eigenvalue weighted by molar-refractivity contribution is 0.0834. The van der Waals surface area contributed by atoms with E-state index < -0.39 is 0 Å². The molecule has 1 saturated heterocycles. The van der Waals surface area contributed by atoms with Crippen molar-refractivity contribution < 1.29 is 0 Å². The van der Waals surface area contributed by atoms with Crippen molar-refractivity contribution in [1.29, 1.82) is 0 Å². The summed E-state index contributed by atoms with van der Waals surface area (Å²) in [6, 6.07) is 3.10. The number of hydrogen-bond acceptors (Lipinski definition) is 4. The third kappa shape index (κ3) is 4.78. The Morgan fingerprint density at radius 2 is 2.14 bits per heavy atom. The number of hydrogen-bond donors (Lipinski definition) is 1. The van der Waals surface area contributed by atoms with E-state index in [2.05, 4.69) is 48.9 Å². The van der Waals surface area contributed by atoms with Crippen LogP contribution in [-0.4, -0.2) is 48.6 Å². The Morgan fingerprint density at radius 1 is 1.33 bits per heavy atom. The molecule has 1 aromatic heterocycles. The summed E-state index contributed by atoms with van der Waals surface area (Å²) in [5.74, 6) is 0. The Balaban J connectivity index is 1.88. The molecule has 0 amide bonds. The first-order chi connectivity index (χ1) is 10.1. The van der Waals surface area contributed by atoms with Gasteiger partial charge in [0.15, 0.2) is 0 Å². The van der Waals surface area contributed by atoms with Gasteiger partial charge in [0.2, 0.25) is 0 Å². The van der Waals surface area contributed by atoms with Crippen molar-refractivity contribution in [3.8, 4) is 0 Å². The van der Waals surface area contributed by atoms with E-state index in [1.165, 1.54) is 47.9 Å². The summed E-state index contributed by atoms with van der Waals surface area (Å²) in [6.07, 6.45) is 1.21. The van der Waals surface area contributed by atoms with Gasteiger partial charge in [0.25, 0.3) is 0 Å². The van der Waals surface area contributed by atoms with Crippen LogP contribution in [0.2, 0.25) is 0 Å². The van der Waals surface area contributed by atoms with E-state index in [1.54, 1.807) is 0 Å². The van der Waals surface area contributed by atoms with Gasteiger partial charge in [0.05, 0.1) is 0 Å². The molecule has 0 aromatic carbocycles. The van der Waals surface area contributed by atoms with Crippen molar-refractivity contribution >= 4 is 11.3 Å². The van der Waals surface area contributed by atoms with Gasteiger partial charge in [-0.05, 0) is 45.0 Å². The van der Waals surface area contributed by atoms with Gasteiger partial charge >= 0.3 is 0 Å². The van der Waals surface area contributed by atoms with Gasteiger partial charge in [-0.1, -0.05) is 13.8 Å². The summed E-state index contributed by atoms with van der Waals surface area (Å²) in [5.41, 5.74) is 1.53. The van der Waals surface area contributed by atoms with Crippen LogP contribution >= 0.6 is 11.3 Å². The fourth-order valence-electron chi connectivity index (χ4n) is 3.15. The lowest BCUT2D eigenvalue weighted by Gasteiger charge is -2.39. The Hall–Kier alpha value is -0.420. The monoisotopic (exact) mass is 309 g/mol. The smallest absolute Gasteiger partial charge is 0.0299 e. The van der Waals surface area contributed by atoms with Crippen LogP contribution in [0.25, 0.3) is 0 Å². The maximum absolute atomic E-state index is 3.51. The number of thiophene rings is 1. The lowest BCUT2D eigenvalue weighted by atomic mass is 10.1. The van der Waals surface area contributed by atoms with Gasteiger partial charge in [-0.3, -0.25) is 9.80 Å². The van der Waals surface area contributed by atoms with Crippen molar-refractivity contribution in [2.75, 3.05) is 32.7 Å². The third-order valence-corrected chi connectivity index (χ3v) is 5.54. The second-order valence-electron chi connectivity index (χ2n) is 6.18. The van der Waals surface area contributed by atoms with Crippen molar-refractivity contribution in [2.24, 2.45) is 0 Å². The number of nitrogens with one attached hydrogen (secondary N) is 1. The molecule has 3 nitrogen and oxygen atoms in total. The van der Waals surface area contributed by atoms with E-state index in [0.29, 0.717) is 6.04 Å². The average Bonchev–Trinajstić information content (AvgIpc) is 2.80. The lowest BCUT2D eigenvalue weighted by Crippen LogP contribution is -2.51. The molecule has 1 aliphatic rings. The number of piperazine rings is 1. The number of aryl methyl sites for hydroxylation is 1. The van der Waals surface area contributed by atoms with Crippen LogP contribution in [-0.2, 0) is 13.1 Å². The Bertz CT molecular complexity index is 430. The first kappa shape index (κ1) is 16.9. The zero-order valence-electron chi connectivity index (χ0n) is 14.1. The predicted octanol–water partition coefficient (Wildman–Crippen LogP) is 3.08. The second kappa shape index (κ2) is 8.28. The molecule has 120 valence electrons. The molecule has 0 bridgehead atoms. The van der Waals surface area contributed by atoms with Crippen LogP contribution in [0, 0.1) is 6.92 Å². The maximum Gasteiger partial charge on any atom is 0.0299 e. The molecular formula is C17H31N3S. The molecule has 4 heteroatoms. The van der Waals surface area contributed by atoms with Gasteiger partial charge in [-0.2, -0.15) is 0 Å². The minimum absolute atomic E-state index is 0.688. The summed E-state index contributed by atoms with van der Waals surface area (Å²) in [7, 11) is 0. The van der Waals surface area contributed by atoms with Crippen LogP contribution in [0.3, 0.4) is 0 Å². The van der Waals surface area contributed by atoms with Crippen LogP contribution in [0.5, 0.6) is 0 Å². The fourth-order valence-corrected chi connectivity index (χ4v) is 4.17. The van der Waals surface area contributed by atoms with Crippen molar-refractivity contribution in [3.63, 3.8) is 0 Å². The number of likely N-dealkylation sites (N-methyl/N-ethyl adjacent to an activating group) is 1. The molecule has 0 radical (unpaired) electrons. The van der Waals surface area contributed by atoms with Gasteiger partial charge in [-0.25, -0.2) is 0 Å². The predicted molar refractivity (Wildman–Crippen MR) is 93.0 cm³/mol. The van der Waals surface area contributed by atoms with E-state index in [9.17, 15) is 0 Å². The van der Waals surface area contributed by atoms with Gasteiger partial charge in [0, 0.05) is 48.5 Å². The first-order valence-corrected chi connectivity index (χ1v) is 9.21. The van der Waals surface area contributed by atoms with Crippen LogP contribution in [0.15, 0.2) is 6.07 Å². The number of rotatable bonds is 7. The van der Waals surface area contributed by atoms with Crippen molar-refractivity contribution in [3.05, 3.63) is 21.4 Å². The van der Waals surface area contributed by atoms with E-state index in [4.69, 9.17) is 0 Å². The quantitative estimate of drug-likeness (QED) is 0.781. The van der Waals surface area contributed by atoms with E-state index >= 15 is 0 Å². The molecule has 1 aliphatic heterocycles. The topological polar surface area (TPSA) is 18.5 Å². The average molecular weight is 310 g/mol. The van der Waals surface area contributed by atoms with Gasteiger partial charge < -0.3 is 5.32 Å². The molecule has 1 atom stereocenters. The summed E-state index contributed by atoms with van der Waals surface area (Å²) in [5, 5.41) is 3.51. The molecule has 2 rings (SSSR count). The molecule has 1 aromatic rings. The van der Waals surface area contributed by atoms with Crippen LogP contribution in [0.1, 0.15) is 42.5 Å². The summed E-state index contributed by atoms with van der Waals surface area (Å²) in [4.78, 5) is 8.18. The van der Waals surface area contributed by atoms with Crippen LogP contribution < -0.4 is 5.32 Å². The molecule has 21 heavy (non-hydrogen) atoms. The Kier molecular flexibility index (Phi) is 6.68. The normalized spacial score (nSPS) is 21.0. The van der Waals surface area contributed by atoms with E-state index in [-0.39, 0.29) is 0 Å². The summed E-state index contributed by atoms with van der Waals surface area (Å²) < 4.78 is 0. The largest absolute Gasteiger partial charge is 0.312 e. The molecule has 1 fully saturated rings. The van der Waals surface area contributed by atoms with E-state index in [1.807, 2.05) is 11.3 Å². The molecule has 1 N–H and O–H groups in total. The summed E-state index contributed by atoms with van der Waals surface area (Å²) >= 11 is 1.96. The minimum Gasteiger partial charge on any atom is -0.312 e. The zero-order valence-corrected chi connectivity index (χ0v) is 14.9. The second-order valence-corrected chi connectivity index (χ2v) is 7.52. The van der Waals surface area contributed by atoms with E-state index in [0.717, 1.165) is 19.6 Å². The van der Waals surface area contributed by atoms with Crippen LogP contribution in [0.4, 0.5) is 0 Å². The van der Waals surface area contributed by atoms with Gasteiger partial charge in [-0.15, -0.1) is 11.3 Å². The maximum atomic E-state index is 3.51. The third-order valence-electron chi connectivity index (χ3n) is 4.45. The highest BCUT2D eigenvalue weighted by Gasteiger charge is 2.22. The molecule has 1 unspecified atom stereocenters. The molecular weight excluding hydrogens is 278 g/mol. The number of nitrogens with zero attached hydrogens (tertiary/aromatic N) is 2.